The number of hydrogen-bond donors (Lipinski definition) is 0. The number of hydrogen-bond acceptors (Lipinski definition) is 4. The summed E-state index contributed by atoms with van der Waals surface area (Å²) in [5.74, 6) is 0. The van der Waals surface area contributed by atoms with Crippen molar-refractivity contribution in [2.24, 2.45) is 0 Å². The average molecular weight is 446 g/mol. The van der Waals surface area contributed by atoms with Gasteiger partial charge in [0.25, 0.3) is 0 Å². The van der Waals surface area contributed by atoms with Crippen molar-refractivity contribution < 1.29 is 4.42 Å². The molecule has 0 amide bonds. The van der Waals surface area contributed by atoms with Crippen LogP contribution in [0.15, 0.2) is 95.5 Å². The first kappa shape index (κ1) is 18.6. The maximum atomic E-state index is 5.96. The molecule has 0 saturated carbocycles. The molecule has 4 aromatic carbocycles. The first-order valence-electron chi connectivity index (χ1n) is 11.0. The molecule has 7 rings (SSSR count). The molecule has 1 unspecified atom stereocenters. The molecule has 0 aliphatic rings. The van der Waals surface area contributed by atoms with Gasteiger partial charge in [0, 0.05) is 36.5 Å². The van der Waals surface area contributed by atoms with Crippen LogP contribution in [0.2, 0.25) is 0 Å². The van der Waals surface area contributed by atoms with E-state index < -0.39 is 0 Å². The zero-order chi connectivity index (χ0) is 21.9. The van der Waals surface area contributed by atoms with E-state index in [0.717, 1.165) is 33.2 Å². The van der Waals surface area contributed by atoms with Crippen molar-refractivity contribution in [2.45, 2.75) is 13.0 Å². The number of para-hydroxylation sites is 1. The van der Waals surface area contributed by atoms with Gasteiger partial charge in [-0.05, 0) is 55.0 Å². The van der Waals surface area contributed by atoms with Gasteiger partial charge in [-0.25, -0.2) is 4.68 Å². The molecule has 1 atom stereocenters. The van der Waals surface area contributed by atoms with Crippen LogP contribution in [0.5, 0.6) is 0 Å². The molecule has 4 nitrogen and oxygen atoms in total. The highest BCUT2D eigenvalue weighted by Crippen LogP contribution is 2.36. The van der Waals surface area contributed by atoms with Crippen LogP contribution >= 0.6 is 11.3 Å². The fourth-order valence-corrected chi connectivity index (χ4v) is 5.73. The second-order valence-corrected chi connectivity index (χ2v) is 9.51. The Bertz CT molecular complexity index is 1810. The van der Waals surface area contributed by atoms with Crippen LogP contribution in [-0.2, 0) is 0 Å². The molecule has 0 N–H and O–H groups in total. The molecule has 3 heterocycles. The van der Waals surface area contributed by atoms with Crippen LogP contribution in [0.3, 0.4) is 0 Å². The standard InChI is InChI=1S/C28H19N3OS/c1-17(18-11-13-28-23(14-18)21-7-3-5-9-27(21)33-28)31-16-24(29-30-31)19-10-12-26-22(15-19)20-6-2-4-8-25(20)32-26/h2-17H,1H3. The lowest BCUT2D eigenvalue weighted by Gasteiger charge is -2.12. The van der Waals surface area contributed by atoms with Gasteiger partial charge in [-0.15, -0.1) is 16.4 Å². The summed E-state index contributed by atoms with van der Waals surface area (Å²) in [6.07, 6.45) is 2.03. The highest BCUT2D eigenvalue weighted by atomic mass is 32.1. The second kappa shape index (κ2) is 7.02. The van der Waals surface area contributed by atoms with Crippen molar-refractivity contribution in [3.63, 3.8) is 0 Å². The van der Waals surface area contributed by atoms with Gasteiger partial charge in [0.1, 0.15) is 16.9 Å². The van der Waals surface area contributed by atoms with E-state index in [1.807, 2.05) is 52.5 Å². The van der Waals surface area contributed by atoms with E-state index in [9.17, 15) is 0 Å². The molecule has 7 aromatic rings. The molecule has 158 valence electrons. The Kier molecular flexibility index (Phi) is 3.96. The Balaban J connectivity index is 1.27. The van der Waals surface area contributed by atoms with Gasteiger partial charge >= 0.3 is 0 Å². The molecule has 0 aliphatic heterocycles. The Morgan fingerprint density at radius 2 is 1.55 bits per heavy atom. The number of rotatable bonds is 3. The van der Waals surface area contributed by atoms with Crippen molar-refractivity contribution in [1.82, 2.24) is 15.0 Å². The molecule has 0 spiro atoms. The molecule has 3 aromatic heterocycles. The van der Waals surface area contributed by atoms with Gasteiger partial charge in [-0.3, -0.25) is 0 Å². The number of aromatic nitrogens is 3. The van der Waals surface area contributed by atoms with E-state index in [2.05, 4.69) is 71.8 Å². The van der Waals surface area contributed by atoms with Gasteiger partial charge < -0.3 is 4.42 Å². The normalized spacial score (nSPS) is 12.9. The fraction of sp³-hybridized carbons (Fsp3) is 0.0714. The van der Waals surface area contributed by atoms with Gasteiger partial charge in [-0.2, -0.15) is 0 Å². The van der Waals surface area contributed by atoms with Crippen LogP contribution in [0, 0.1) is 0 Å². The zero-order valence-corrected chi connectivity index (χ0v) is 18.7. The van der Waals surface area contributed by atoms with Crippen molar-refractivity contribution in [3.05, 3.63) is 96.7 Å². The molecule has 33 heavy (non-hydrogen) atoms. The predicted octanol–water partition coefficient (Wildman–Crippen LogP) is 7.82. The lowest BCUT2D eigenvalue weighted by atomic mass is 10.0. The SMILES string of the molecule is CC(c1ccc2sc3ccccc3c2c1)n1cc(-c2ccc3oc4ccccc4c3c2)nn1. The maximum absolute atomic E-state index is 5.96. The molecule has 5 heteroatoms. The van der Waals surface area contributed by atoms with Crippen LogP contribution in [0.1, 0.15) is 18.5 Å². The molecular formula is C28H19N3OS. The summed E-state index contributed by atoms with van der Waals surface area (Å²) in [5.41, 5.74) is 4.90. The Hall–Kier alpha value is -3.96. The molecule has 0 saturated heterocycles. The van der Waals surface area contributed by atoms with Gasteiger partial charge in [0.2, 0.25) is 0 Å². The van der Waals surface area contributed by atoms with E-state index in [1.54, 1.807) is 0 Å². The number of benzene rings is 4. The monoisotopic (exact) mass is 445 g/mol. The minimum absolute atomic E-state index is 0.0767. The fourth-order valence-electron chi connectivity index (χ4n) is 4.64. The third-order valence-corrected chi connectivity index (χ3v) is 7.61. The van der Waals surface area contributed by atoms with E-state index in [-0.39, 0.29) is 6.04 Å². The number of furan rings is 1. The third-order valence-electron chi connectivity index (χ3n) is 6.46. The summed E-state index contributed by atoms with van der Waals surface area (Å²) in [7, 11) is 0. The highest BCUT2D eigenvalue weighted by Gasteiger charge is 2.15. The summed E-state index contributed by atoms with van der Waals surface area (Å²) < 4.78 is 10.5. The summed E-state index contributed by atoms with van der Waals surface area (Å²) in [5, 5.41) is 13.8. The summed E-state index contributed by atoms with van der Waals surface area (Å²) in [6, 6.07) is 29.7. The minimum Gasteiger partial charge on any atom is -0.456 e. The average Bonchev–Trinajstić information content (AvgIpc) is 3.58. The van der Waals surface area contributed by atoms with Crippen LogP contribution in [0.25, 0.3) is 53.4 Å². The minimum atomic E-state index is 0.0767. The lowest BCUT2D eigenvalue weighted by molar-refractivity contribution is 0.543. The van der Waals surface area contributed by atoms with Crippen molar-refractivity contribution in [3.8, 4) is 11.3 Å². The zero-order valence-electron chi connectivity index (χ0n) is 17.9. The predicted molar refractivity (Wildman–Crippen MR) is 136 cm³/mol. The summed E-state index contributed by atoms with van der Waals surface area (Å²) in [4.78, 5) is 0. The van der Waals surface area contributed by atoms with E-state index in [4.69, 9.17) is 4.42 Å². The number of fused-ring (bicyclic) bond motifs is 6. The third kappa shape index (κ3) is 2.90. The van der Waals surface area contributed by atoms with Crippen LogP contribution < -0.4 is 0 Å². The quantitative estimate of drug-likeness (QED) is 0.278. The van der Waals surface area contributed by atoms with Gasteiger partial charge in [-0.1, -0.05) is 47.7 Å². The second-order valence-electron chi connectivity index (χ2n) is 8.42. The van der Waals surface area contributed by atoms with E-state index in [1.165, 1.54) is 25.7 Å². The lowest BCUT2D eigenvalue weighted by Crippen LogP contribution is -2.07. The number of thiophene rings is 1. The maximum Gasteiger partial charge on any atom is 0.135 e. The Morgan fingerprint density at radius 3 is 2.48 bits per heavy atom. The molecule has 0 aliphatic carbocycles. The van der Waals surface area contributed by atoms with Crippen molar-refractivity contribution in [1.29, 1.82) is 0 Å². The van der Waals surface area contributed by atoms with E-state index >= 15 is 0 Å². The van der Waals surface area contributed by atoms with Crippen LogP contribution in [0.4, 0.5) is 0 Å². The van der Waals surface area contributed by atoms with Crippen molar-refractivity contribution >= 4 is 53.4 Å². The largest absolute Gasteiger partial charge is 0.456 e. The highest BCUT2D eigenvalue weighted by molar-refractivity contribution is 7.25. The summed E-state index contributed by atoms with van der Waals surface area (Å²) >= 11 is 1.84. The topological polar surface area (TPSA) is 43.9 Å². The number of nitrogens with zero attached hydrogens (tertiary/aromatic N) is 3. The van der Waals surface area contributed by atoms with Gasteiger partial charge in [0.15, 0.2) is 0 Å². The van der Waals surface area contributed by atoms with Crippen molar-refractivity contribution in [2.75, 3.05) is 0 Å². The Morgan fingerprint density at radius 1 is 0.758 bits per heavy atom. The molecule has 0 bridgehead atoms. The van der Waals surface area contributed by atoms with Gasteiger partial charge in [0.05, 0.1) is 12.2 Å². The van der Waals surface area contributed by atoms with E-state index in [0.29, 0.717) is 0 Å². The Labute approximate surface area is 193 Å². The first-order valence-corrected chi connectivity index (χ1v) is 11.8. The molecule has 0 fully saturated rings. The first-order chi connectivity index (χ1) is 16.2. The van der Waals surface area contributed by atoms with Crippen LogP contribution in [-0.4, -0.2) is 15.0 Å². The summed E-state index contributed by atoms with van der Waals surface area (Å²) in [6.45, 7) is 2.17. The smallest absolute Gasteiger partial charge is 0.135 e. The molecule has 0 radical (unpaired) electrons. The molecular weight excluding hydrogens is 426 g/mol.